The fraction of sp³-hybridized carbons (Fsp3) is 0.667. The topological polar surface area (TPSA) is 49.8 Å². The maximum Gasteiger partial charge on any atom is 0.332 e. The summed E-state index contributed by atoms with van der Waals surface area (Å²) >= 11 is 0. The second-order valence-electron chi connectivity index (χ2n) is 3.30. The van der Waals surface area contributed by atoms with Gasteiger partial charge in [0.05, 0.1) is 13.2 Å². The molecule has 0 spiro atoms. The van der Waals surface area contributed by atoms with E-state index in [1.165, 1.54) is 0 Å². The van der Waals surface area contributed by atoms with Gasteiger partial charge >= 0.3 is 5.97 Å². The minimum absolute atomic E-state index is 0.244. The Morgan fingerprint density at radius 1 is 1.77 bits per heavy atom. The number of carboxylic acid groups (broad SMARTS) is 1. The van der Waals surface area contributed by atoms with Crippen molar-refractivity contribution in [2.45, 2.75) is 13.0 Å². The monoisotopic (exact) mass is 185 g/mol. The number of ether oxygens (including phenoxy) is 1. The molecule has 1 aliphatic rings. The molecule has 4 heteroatoms. The lowest BCUT2D eigenvalue weighted by Crippen LogP contribution is -2.44. The van der Waals surface area contributed by atoms with Crippen LogP contribution in [0.5, 0.6) is 0 Å². The Morgan fingerprint density at radius 3 is 3.00 bits per heavy atom. The Kier molecular flexibility index (Phi) is 3.45. The molecule has 1 aliphatic heterocycles. The molecular weight excluding hydrogens is 170 g/mol. The number of carboxylic acids is 1. The van der Waals surface area contributed by atoms with Crippen LogP contribution in [0.25, 0.3) is 0 Å². The number of morpholine rings is 1. The highest BCUT2D eigenvalue weighted by Gasteiger charge is 2.20. The largest absolute Gasteiger partial charge is 0.478 e. The third kappa shape index (κ3) is 2.82. The second kappa shape index (κ2) is 4.39. The van der Waals surface area contributed by atoms with Gasteiger partial charge in [0.1, 0.15) is 0 Å². The van der Waals surface area contributed by atoms with Crippen LogP contribution < -0.4 is 0 Å². The summed E-state index contributed by atoms with van der Waals surface area (Å²) in [5, 5.41) is 8.64. The Morgan fingerprint density at radius 2 is 2.46 bits per heavy atom. The fourth-order valence-electron chi connectivity index (χ4n) is 1.31. The van der Waals surface area contributed by atoms with Crippen molar-refractivity contribution < 1.29 is 14.6 Å². The van der Waals surface area contributed by atoms with E-state index >= 15 is 0 Å². The van der Waals surface area contributed by atoms with Gasteiger partial charge in [0.25, 0.3) is 0 Å². The maximum atomic E-state index is 10.5. The van der Waals surface area contributed by atoms with E-state index in [1.54, 1.807) is 0 Å². The normalized spacial score (nSPS) is 24.2. The number of nitrogens with zero attached hydrogens (tertiary/aromatic N) is 1. The predicted octanol–water partition coefficient (Wildman–Crippen LogP) is 0.348. The molecule has 1 saturated heterocycles. The molecule has 0 aromatic carbocycles. The van der Waals surface area contributed by atoms with Crippen LogP contribution in [0.15, 0.2) is 12.2 Å². The van der Waals surface area contributed by atoms with E-state index in [2.05, 4.69) is 11.5 Å². The third-order valence-electron chi connectivity index (χ3n) is 2.20. The zero-order chi connectivity index (χ0) is 9.84. The molecule has 0 aromatic rings. The molecule has 1 fully saturated rings. The van der Waals surface area contributed by atoms with E-state index < -0.39 is 5.97 Å². The summed E-state index contributed by atoms with van der Waals surface area (Å²) in [5.74, 6) is -0.918. The lowest BCUT2D eigenvalue weighted by Gasteiger charge is -2.32. The molecule has 74 valence electrons. The zero-order valence-corrected chi connectivity index (χ0v) is 7.82. The highest BCUT2D eigenvalue weighted by Crippen LogP contribution is 2.08. The van der Waals surface area contributed by atoms with Gasteiger partial charge in [-0.3, -0.25) is 4.90 Å². The highest BCUT2D eigenvalue weighted by molar-refractivity contribution is 5.86. The molecule has 1 atom stereocenters. The second-order valence-corrected chi connectivity index (χ2v) is 3.30. The molecular formula is C9H15NO3. The first-order valence-electron chi connectivity index (χ1n) is 4.34. The molecule has 0 bridgehead atoms. The van der Waals surface area contributed by atoms with Crippen LogP contribution in [-0.4, -0.2) is 48.3 Å². The van der Waals surface area contributed by atoms with Crippen LogP contribution in [0.4, 0.5) is 0 Å². The molecule has 13 heavy (non-hydrogen) atoms. The van der Waals surface area contributed by atoms with Crippen LogP contribution in [0.3, 0.4) is 0 Å². The Hall–Kier alpha value is -0.870. The zero-order valence-electron chi connectivity index (χ0n) is 7.82. The minimum atomic E-state index is -0.918. The summed E-state index contributed by atoms with van der Waals surface area (Å²) in [6, 6.07) is 0.282. The van der Waals surface area contributed by atoms with Crippen LogP contribution in [0.2, 0.25) is 0 Å². The number of aliphatic carboxylic acids is 1. The van der Waals surface area contributed by atoms with Gasteiger partial charge in [-0.1, -0.05) is 6.58 Å². The van der Waals surface area contributed by atoms with E-state index in [0.29, 0.717) is 19.8 Å². The summed E-state index contributed by atoms with van der Waals surface area (Å²) in [6.45, 7) is 8.09. The van der Waals surface area contributed by atoms with Crippen LogP contribution in [0, 0.1) is 0 Å². The van der Waals surface area contributed by atoms with Crippen LogP contribution in [0.1, 0.15) is 6.92 Å². The van der Waals surface area contributed by atoms with Crippen molar-refractivity contribution in [3.05, 3.63) is 12.2 Å². The van der Waals surface area contributed by atoms with E-state index in [0.717, 1.165) is 6.54 Å². The van der Waals surface area contributed by atoms with Crippen LogP contribution >= 0.6 is 0 Å². The fourth-order valence-corrected chi connectivity index (χ4v) is 1.31. The number of hydrogen-bond donors (Lipinski definition) is 1. The molecule has 1 unspecified atom stereocenters. The summed E-state index contributed by atoms with van der Waals surface area (Å²) in [7, 11) is 0. The molecule has 0 radical (unpaired) electrons. The quantitative estimate of drug-likeness (QED) is 0.644. The first-order chi connectivity index (χ1) is 6.11. The lowest BCUT2D eigenvalue weighted by atomic mass is 10.2. The van der Waals surface area contributed by atoms with Crippen molar-refractivity contribution in [3.63, 3.8) is 0 Å². The molecule has 0 aliphatic carbocycles. The van der Waals surface area contributed by atoms with Crippen LogP contribution in [-0.2, 0) is 9.53 Å². The first kappa shape index (κ1) is 10.2. The summed E-state index contributed by atoms with van der Waals surface area (Å²) in [4.78, 5) is 12.6. The summed E-state index contributed by atoms with van der Waals surface area (Å²) < 4.78 is 5.24. The van der Waals surface area contributed by atoms with Gasteiger partial charge in [0.2, 0.25) is 0 Å². The first-order valence-corrected chi connectivity index (χ1v) is 4.34. The van der Waals surface area contributed by atoms with E-state index in [4.69, 9.17) is 9.84 Å². The van der Waals surface area contributed by atoms with Gasteiger partial charge < -0.3 is 9.84 Å². The van der Waals surface area contributed by atoms with Crippen molar-refractivity contribution in [2.75, 3.05) is 26.3 Å². The molecule has 1 rings (SSSR count). The van der Waals surface area contributed by atoms with Gasteiger partial charge in [0.15, 0.2) is 0 Å². The Bertz CT molecular complexity index is 215. The van der Waals surface area contributed by atoms with E-state index in [-0.39, 0.29) is 11.6 Å². The SMILES string of the molecule is C=C(CN1CCOCC1C)C(=O)O. The maximum absolute atomic E-state index is 10.5. The molecule has 4 nitrogen and oxygen atoms in total. The molecule has 0 aromatic heterocycles. The Labute approximate surface area is 77.8 Å². The van der Waals surface area contributed by atoms with Crippen molar-refractivity contribution >= 4 is 5.97 Å². The summed E-state index contributed by atoms with van der Waals surface area (Å²) in [6.07, 6.45) is 0. The number of hydrogen-bond acceptors (Lipinski definition) is 3. The van der Waals surface area contributed by atoms with Crippen molar-refractivity contribution in [3.8, 4) is 0 Å². The molecule has 1 N–H and O–H groups in total. The standard InChI is InChI=1S/C9H15NO3/c1-7(9(11)12)5-10-3-4-13-6-8(10)2/h8H,1,3-6H2,2H3,(H,11,12). The Balaban J connectivity index is 2.42. The van der Waals surface area contributed by atoms with Gasteiger partial charge in [-0.2, -0.15) is 0 Å². The minimum Gasteiger partial charge on any atom is -0.478 e. The predicted molar refractivity (Wildman–Crippen MR) is 48.6 cm³/mol. The molecule has 0 saturated carbocycles. The lowest BCUT2D eigenvalue weighted by molar-refractivity contribution is -0.133. The number of carbonyl (C=O) groups is 1. The average Bonchev–Trinajstić information content (AvgIpc) is 2.08. The van der Waals surface area contributed by atoms with Crippen molar-refractivity contribution in [2.24, 2.45) is 0 Å². The number of rotatable bonds is 3. The van der Waals surface area contributed by atoms with Gasteiger partial charge in [-0.05, 0) is 6.92 Å². The van der Waals surface area contributed by atoms with E-state index in [1.807, 2.05) is 6.92 Å². The molecule has 1 heterocycles. The smallest absolute Gasteiger partial charge is 0.332 e. The average molecular weight is 185 g/mol. The summed E-state index contributed by atoms with van der Waals surface area (Å²) in [5.41, 5.74) is 0.244. The van der Waals surface area contributed by atoms with Gasteiger partial charge in [0, 0.05) is 24.7 Å². The van der Waals surface area contributed by atoms with E-state index in [9.17, 15) is 4.79 Å². The molecule has 0 amide bonds. The van der Waals surface area contributed by atoms with Crippen molar-refractivity contribution in [1.29, 1.82) is 0 Å². The third-order valence-corrected chi connectivity index (χ3v) is 2.20. The van der Waals surface area contributed by atoms with Gasteiger partial charge in [-0.25, -0.2) is 4.79 Å². The van der Waals surface area contributed by atoms with Gasteiger partial charge in [-0.15, -0.1) is 0 Å². The van der Waals surface area contributed by atoms with Crippen molar-refractivity contribution in [1.82, 2.24) is 4.90 Å². The highest BCUT2D eigenvalue weighted by atomic mass is 16.5.